The van der Waals surface area contributed by atoms with E-state index in [0.717, 1.165) is 0 Å². The Morgan fingerprint density at radius 2 is 2.45 bits per heavy atom. The first kappa shape index (κ1) is 8.03. The topological polar surface area (TPSA) is 23.8 Å². The summed E-state index contributed by atoms with van der Waals surface area (Å²) < 4.78 is 0. The van der Waals surface area contributed by atoms with Crippen LogP contribution in [-0.2, 0) is 0 Å². The van der Waals surface area contributed by atoms with Crippen molar-refractivity contribution >= 4 is 17.4 Å². The summed E-state index contributed by atoms with van der Waals surface area (Å²) in [5, 5.41) is 12.5. The van der Waals surface area contributed by atoms with Crippen LogP contribution in [-0.4, -0.2) is 0 Å². The monoisotopic (exact) mass is 163 g/mol. The van der Waals surface area contributed by atoms with Crippen molar-refractivity contribution in [2.24, 2.45) is 0 Å². The van der Waals surface area contributed by atoms with Crippen LogP contribution in [0.5, 0.6) is 0 Å². The van der Waals surface area contributed by atoms with Gasteiger partial charge in [0.05, 0.1) is 12.5 Å². The van der Waals surface area contributed by atoms with E-state index in [0.29, 0.717) is 6.42 Å². The summed E-state index contributed by atoms with van der Waals surface area (Å²) in [7, 11) is 0. The molecule has 1 heterocycles. The van der Waals surface area contributed by atoms with E-state index in [-0.39, 0.29) is 0 Å². The van der Waals surface area contributed by atoms with Crippen molar-refractivity contribution in [1.82, 2.24) is 0 Å². The molecule has 0 unspecified atom stereocenters. The van der Waals surface area contributed by atoms with Crippen LogP contribution in [0.1, 0.15) is 17.5 Å². The third-order valence-corrected chi connectivity index (χ3v) is 2.28. The summed E-state index contributed by atoms with van der Waals surface area (Å²) in [6, 6.07) is 2.07. The molecule has 0 aliphatic heterocycles. The fraction of sp³-hybridized carbons (Fsp3) is 0.222. The van der Waals surface area contributed by atoms with E-state index in [1.165, 1.54) is 11.1 Å². The van der Waals surface area contributed by atoms with E-state index in [1.807, 2.05) is 12.2 Å². The highest BCUT2D eigenvalue weighted by Gasteiger charge is 1.91. The fourth-order valence-electron chi connectivity index (χ4n) is 0.780. The lowest BCUT2D eigenvalue weighted by Crippen LogP contribution is -1.68. The number of allylic oxidation sites excluding steroid dienone is 1. The second-order valence-corrected chi connectivity index (χ2v) is 3.02. The summed E-state index contributed by atoms with van der Waals surface area (Å²) >= 11 is 1.69. The van der Waals surface area contributed by atoms with Crippen LogP contribution in [0.3, 0.4) is 0 Å². The first-order valence-electron chi connectivity index (χ1n) is 3.41. The first-order chi connectivity index (χ1) is 5.34. The molecule has 1 nitrogen and oxygen atoms in total. The Bertz CT molecular complexity index is 291. The number of hydrogen-bond acceptors (Lipinski definition) is 2. The van der Waals surface area contributed by atoms with Gasteiger partial charge in [-0.1, -0.05) is 12.2 Å². The molecular weight excluding hydrogens is 154 g/mol. The van der Waals surface area contributed by atoms with E-state index in [1.54, 1.807) is 11.3 Å². The summed E-state index contributed by atoms with van der Waals surface area (Å²) in [5.41, 5.74) is 2.51. The molecule has 1 aromatic heterocycles. The van der Waals surface area contributed by atoms with Crippen LogP contribution in [0.25, 0.3) is 6.08 Å². The molecule has 1 rings (SSSR count). The maximum atomic E-state index is 8.27. The Morgan fingerprint density at radius 1 is 1.64 bits per heavy atom. The average Bonchev–Trinajstić information content (AvgIpc) is 2.37. The van der Waals surface area contributed by atoms with Crippen LogP contribution in [0.15, 0.2) is 16.8 Å². The zero-order chi connectivity index (χ0) is 8.10. The molecular formula is C9H9NS. The highest BCUT2D eigenvalue weighted by Crippen LogP contribution is 2.14. The smallest absolute Gasteiger partial charge is 0.0663 e. The second kappa shape index (κ2) is 3.95. The quantitative estimate of drug-likeness (QED) is 0.657. The normalized spacial score (nSPS) is 10.2. The Hall–Kier alpha value is -1.07. The van der Waals surface area contributed by atoms with Gasteiger partial charge in [-0.25, -0.2) is 0 Å². The van der Waals surface area contributed by atoms with Crippen LogP contribution in [0.2, 0.25) is 0 Å². The fourth-order valence-corrected chi connectivity index (χ4v) is 1.60. The Morgan fingerprint density at radius 3 is 3.00 bits per heavy atom. The Labute approximate surface area is 70.6 Å². The van der Waals surface area contributed by atoms with Crippen molar-refractivity contribution in [1.29, 1.82) is 5.26 Å². The van der Waals surface area contributed by atoms with E-state index < -0.39 is 0 Å². The molecule has 0 aliphatic carbocycles. The lowest BCUT2D eigenvalue weighted by Gasteiger charge is -1.86. The highest BCUT2D eigenvalue weighted by atomic mass is 32.1. The minimum Gasteiger partial charge on any atom is -0.198 e. The average molecular weight is 163 g/mol. The molecule has 0 N–H and O–H groups in total. The summed E-state index contributed by atoms with van der Waals surface area (Å²) in [6.45, 7) is 2.07. The zero-order valence-electron chi connectivity index (χ0n) is 6.37. The molecule has 0 bridgehead atoms. The van der Waals surface area contributed by atoms with E-state index in [4.69, 9.17) is 5.26 Å². The highest BCUT2D eigenvalue weighted by molar-refractivity contribution is 7.08. The molecule has 11 heavy (non-hydrogen) atoms. The number of thiophene rings is 1. The van der Waals surface area contributed by atoms with E-state index >= 15 is 0 Å². The van der Waals surface area contributed by atoms with Crippen LogP contribution in [0.4, 0.5) is 0 Å². The summed E-state index contributed by atoms with van der Waals surface area (Å²) in [6.07, 6.45) is 4.37. The molecule has 0 saturated carbocycles. The third-order valence-electron chi connectivity index (χ3n) is 1.40. The third kappa shape index (κ3) is 2.21. The minimum absolute atomic E-state index is 0.495. The van der Waals surface area contributed by atoms with Gasteiger partial charge >= 0.3 is 0 Å². The molecule has 0 spiro atoms. The lowest BCUT2D eigenvalue weighted by atomic mass is 10.2. The number of rotatable bonds is 2. The maximum Gasteiger partial charge on any atom is 0.0663 e. The van der Waals surface area contributed by atoms with Gasteiger partial charge in [-0.3, -0.25) is 0 Å². The molecule has 0 aliphatic rings. The van der Waals surface area contributed by atoms with Gasteiger partial charge in [0.15, 0.2) is 0 Å². The van der Waals surface area contributed by atoms with Crippen LogP contribution in [0, 0.1) is 18.3 Å². The molecule has 1 aromatic rings. The molecule has 0 amide bonds. The lowest BCUT2D eigenvalue weighted by molar-refractivity contribution is 1.36. The second-order valence-electron chi connectivity index (χ2n) is 2.27. The Kier molecular flexibility index (Phi) is 2.88. The Balaban J connectivity index is 2.65. The number of aryl methyl sites for hydroxylation is 1. The SMILES string of the molecule is Cc1cscc1C=CCC#N. The van der Waals surface area contributed by atoms with E-state index in [9.17, 15) is 0 Å². The zero-order valence-corrected chi connectivity index (χ0v) is 7.19. The predicted octanol–water partition coefficient (Wildman–Crippen LogP) is 2.98. The predicted molar refractivity (Wildman–Crippen MR) is 48.3 cm³/mol. The first-order valence-corrected chi connectivity index (χ1v) is 4.35. The van der Waals surface area contributed by atoms with Crippen LogP contribution < -0.4 is 0 Å². The van der Waals surface area contributed by atoms with Gasteiger partial charge in [-0.2, -0.15) is 16.6 Å². The van der Waals surface area contributed by atoms with E-state index in [2.05, 4.69) is 23.8 Å². The van der Waals surface area contributed by atoms with Gasteiger partial charge < -0.3 is 0 Å². The molecule has 0 radical (unpaired) electrons. The van der Waals surface area contributed by atoms with Gasteiger partial charge in [-0.15, -0.1) is 0 Å². The van der Waals surface area contributed by atoms with Crippen molar-refractivity contribution in [3.8, 4) is 6.07 Å². The van der Waals surface area contributed by atoms with Gasteiger partial charge in [0.1, 0.15) is 0 Å². The minimum atomic E-state index is 0.495. The van der Waals surface area contributed by atoms with Crippen molar-refractivity contribution in [3.05, 3.63) is 28.0 Å². The van der Waals surface area contributed by atoms with Gasteiger partial charge in [-0.05, 0) is 28.8 Å². The van der Waals surface area contributed by atoms with Crippen LogP contribution >= 0.6 is 11.3 Å². The van der Waals surface area contributed by atoms with Crippen molar-refractivity contribution in [2.45, 2.75) is 13.3 Å². The number of nitrogens with zero attached hydrogens (tertiary/aromatic N) is 1. The molecule has 0 fully saturated rings. The van der Waals surface area contributed by atoms with Gasteiger partial charge in [0, 0.05) is 0 Å². The molecule has 0 atom stereocenters. The van der Waals surface area contributed by atoms with Gasteiger partial charge in [0.25, 0.3) is 0 Å². The van der Waals surface area contributed by atoms with Crippen molar-refractivity contribution in [3.63, 3.8) is 0 Å². The van der Waals surface area contributed by atoms with Gasteiger partial charge in [0.2, 0.25) is 0 Å². The standard InChI is InChI=1S/C9H9NS/c1-8-6-11-7-9(8)4-2-3-5-10/h2,4,6-7H,3H2,1H3. The largest absolute Gasteiger partial charge is 0.198 e. The number of nitriles is 1. The maximum absolute atomic E-state index is 8.27. The summed E-state index contributed by atoms with van der Waals surface area (Å²) in [4.78, 5) is 0. The van der Waals surface area contributed by atoms with Crippen molar-refractivity contribution in [2.75, 3.05) is 0 Å². The summed E-state index contributed by atoms with van der Waals surface area (Å²) in [5.74, 6) is 0. The molecule has 56 valence electrons. The number of hydrogen-bond donors (Lipinski definition) is 0. The molecule has 0 saturated heterocycles. The molecule has 2 heteroatoms. The molecule has 0 aromatic carbocycles. The van der Waals surface area contributed by atoms with Crippen molar-refractivity contribution < 1.29 is 0 Å².